The van der Waals surface area contributed by atoms with Crippen molar-refractivity contribution in [1.82, 2.24) is 0 Å². The van der Waals surface area contributed by atoms with Crippen molar-refractivity contribution < 1.29 is 42.9 Å². The van der Waals surface area contributed by atoms with Gasteiger partial charge < -0.3 is 19.3 Å². The first kappa shape index (κ1) is 37.4. The second-order valence-corrected chi connectivity index (χ2v) is 16.0. The molecule has 12 heteroatoms. The van der Waals surface area contributed by atoms with E-state index in [1.165, 1.54) is 23.1 Å². The van der Waals surface area contributed by atoms with E-state index in [1.807, 2.05) is 48.6 Å². The summed E-state index contributed by atoms with van der Waals surface area (Å²) in [6.45, 7) is 1.77. The van der Waals surface area contributed by atoms with Crippen LogP contribution in [0.5, 0.6) is 23.0 Å². The van der Waals surface area contributed by atoms with Gasteiger partial charge in [0, 0.05) is 23.5 Å². The maximum atomic E-state index is 14.8. The smallest absolute Gasteiger partial charge is 0.241 e. The summed E-state index contributed by atoms with van der Waals surface area (Å²) in [5, 5.41) is 10.1. The first-order valence-corrected chi connectivity index (χ1v) is 19.4. The Hall–Kier alpha value is -6.20. The molecule has 4 aromatic rings. The van der Waals surface area contributed by atoms with Crippen LogP contribution in [0.3, 0.4) is 0 Å². The highest BCUT2D eigenvalue weighted by Crippen LogP contribution is 2.63. The van der Waals surface area contributed by atoms with Crippen molar-refractivity contribution in [2.75, 3.05) is 24.0 Å². The van der Waals surface area contributed by atoms with Crippen molar-refractivity contribution in [3.63, 3.8) is 0 Å². The highest BCUT2D eigenvalue weighted by molar-refractivity contribution is 6.32. The third kappa shape index (κ3) is 5.74. The Labute approximate surface area is 338 Å². The number of aromatic hydroxyl groups is 1. The van der Waals surface area contributed by atoms with Gasteiger partial charge in [-0.25, -0.2) is 9.29 Å². The maximum Gasteiger partial charge on any atom is 0.241 e. The van der Waals surface area contributed by atoms with Crippen LogP contribution < -0.4 is 24.0 Å². The van der Waals surface area contributed by atoms with Crippen molar-refractivity contribution in [3.8, 4) is 23.0 Å². The fourth-order valence-corrected chi connectivity index (χ4v) is 10.0. The normalized spacial score (nSPS) is 26.1. The van der Waals surface area contributed by atoms with Crippen molar-refractivity contribution in [2.24, 2.45) is 35.0 Å². The van der Waals surface area contributed by atoms with Crippen molar-refractivity contribution in [2.45, 2.75) is 26.2 Å². The standard InChI is InChI=1S/C46H38ClFN2O8/c1-46-35(43(53)50(45(46)55)29-10-15-37(48)36(47)21-29)22-34-32(41(46)27-18-26-19-30(51)11-16-39(26)58-23-27)13-14-33-40(34)44(54)49(42(33)52)28-8-5-24(6-9-28)4-7-25-20-31(56-2)12-17-38(25)57-3/h4-13,15-17,19-21,23,33-35,40-41,51H,14,18,22H2,1-3H3/t33-,34+,35-,40-,41-,46+/m0/s1. The maximum absolute atomic E-state index is 14.8. The SMILES string of the molecule is COc1ccc(OC)c(C=Cc2ccc(N3C(=O)[C@H]4[C@H](CC=C5[C@H](C6=COc7ccc(O)cc7C6)[C@]6(C)C(=O)N(c7ccc(F)c(Cl)c7)C(=O)[C@@H]6C[C@H]54)C3=O)cc2)c1. The molecule has 2 aliphatic carbocycles. The Morgan fingerprint density at radius 2 is 1.64 bits per heavy atom. The Balaban J connectivity index is 1.06. The van der Waals surface area contributed by atoms with Gasteiger partial charge in [-0.05, 0) is 104 Å². The van der Waals surface area contributed by atoms with Gasteiger partial charge in [0.1, 0.15) is 28.8 Å². The predicted octanol–water partition coefficient (Wildman–Crippen LogP) is 8.16. The molecule has 3 aliphatic heterocycles. The van der Waals surface area contributed by atoms with Crippen LogP contribution in [0.15, 0.2) is 102 Å². The zero-order valence-electron chi connectivity index (χ0n) is 31.8. The van der Waals surface area contributed by atoms with Crippen molar-refractivity contribution in [3.05, 3.63) is 130 Å². The summed E-state index contributed by atoms with van der Waals surface area (Å²) in [5.41, 5.74) is 3.10. The molecule has 2 saturated heterocycles. The van der Waals surface area contributed by atoms with Crippen LogP contribution in [-0.4, -0.2) is 43.0 Å². The van der Waals surface area contributed by atoms with E-state index in [4.69, 9.17) is 25.8 Å². The number of imide groups is 2. The minimum atomic E-state index is -1.33. The summed E-state index contributed by atoms with van der Waals surface area (Å²) in [5.74, 6) is -3.96. The third-order valence-electron chi connectivity index (χ3n) is 12.6. The molecule has 3 fully saturated rings. The number of phenolic OH excluding ortho intramolecular Hbond substituents is 1. The summed E-state index contributed by atoms with van der Waals surface area (Å²) < 4.78 is 31.2. The molecule has 1 N–H and O–H groups in total. The zero-order valence-corrected chi connectivity index (χ0v) is 32.5. The van der Waals surface area contributed by atoms with E-state index in [0.717, 1.165) is 27.7 Å². The van der Waals surface area contributed by atoms with Crippen LogP contribution in [0.4, 0.5) is 15.8 Å². The van der Waals surface area contributed by atoms with Gasteiger partial charge in [0.15, 0.2) is 0 Å². The highest BCUT2D eigenvalue weighted by atomic mass is 35.5. The fraction of sp³-hybridized carbons (Fsp3) is 0.261. The van der Waals surface area contributed by atoms with Gasteiger partial charge in [-0.1, -0.05) is 47.5 Å². The topological polar surface area (TPSA) is 123 Å². The fourth-order valence-electron chi connectivity index (χ4n) is 9.86. The number of carbonyl (C=O) groups is 4. The van der Waals surface area contributed by atoms with Gasteiger partial charge in [-0.2, -0.15) is 0 Å². The largest absolute Gasteiger partial charge is 0.508 e. The Morgan fingerprint density at radius 3 is 2.38 bits per heavy atom. The lowest BCUT2D eigenvalue weighted by molar-refractivity contribution is -0.132. The van der Waals surface area contributed by atoms with Crippen molar-refractivity contribution in [1.29, 1.82) is 0 Å². The number of allylic oxidation sites excluding steroid dienone is 3. The van der Waals surface area contributed by atoms with E-state index < -0.39 is 52.6 Å². The molecule has 0 radical (unpaired) electrons. The van der Waals surface area contributed by atoms with Crippen LogP contribution in [0.25, 0.3) is 12.2 Å². The second-order valence-electron chi connectivity index (χ2n) is 15.6. The molecule has 4 amide bonds. The molecule has 0 unspecified atom stereocenters. The second kappa shape index (κ2) is 14.0. The Kier molecular flexibility index (Phi) is 9.04. The number of anilines is 2. The van der Waals surface area contributed by atoms with Gasteiger partial charge >= 0.3 is 0 Å². The third-order valence-corrected chi connectivity index (χ3v) is 12.9. The number of halogens is 2. The first-order valence-electron chi connectivity index (χ1n) is 19.0. The summed E-state index contributed by atoms with van der Waals surface area (Å²) in [4.78, 5) is 60.5. The number of nitrogens with zero attached hydrogens (tertiary/aromatic N) is 2. The molecule has 5 aliphatic rings. The van der Waals surface area contributed by atoms with Crippen LogP contribution in [-0.2, 0) is 25.6 Å². The lowest BCUT2D eigenvalue weighted by Crippen LogP contribution is -2.51. The molecule has 6 atom stereocenters. The minimum Gasteiger partial charge on any atom is -0.508 e. The molecule has 58 heavy (non-hydrogen) atoms. The van der Waals surface area contributed by atoms with Crippen LogP contribution in [0.1, 0.15) is 36.5 Å². The number of hydrogen-bond donors (Lipinski definition) is 1. The number of hydrogen-bond acceptors (Lipinski definition) is 8. The number of ether oxygens (including phenoxy) is 3. The molecule has 3 heterocycles. The van der Waals surface area contributed by atoms with E-state index in [0.29, 0.717) is 40.5 Å². The number of carbonyl (C=O) groups excluding carboxylic acids is 4. The van der Waals surface area contributed by atoms with Crippen LogP contribution in [0, 0.1) is 40.8 Å². The van der Waals surface area contributed by atoms with E-state index in [1.54, 1.807) is 51.7 Å². The highest BCUT2D eigenvalue weighted by Gasteiger charge is 2.68. The summed E-state index contributed by atoms with van der Waals surface area (Å²) >= 11 is 6.15. The lowest BCUT2D eigenvalue weighted by atomic mass is 9.51. The molecule has 9 rings (SSSR count). The molecule has 294 valence electrons. The number of rotatable bonds is 7. The Bertz CT molecular complexity index is 2530. The number of amides is 4. The molecule has 0 aromatic heterocycles. The number of benzene rings is 4. The molecular formula is C46H38ClFN2O8. The monoisotopic (exact) mass is 800 g/mol. The average molecular weight is 801 g/mol. The van der Waals surface area contributed by atoms with Gasteiger partial charge in [0.25, 0.3) is 0 Å². The molecular weight excluding hydrogens is 763 g/mol. The van der Waals surface area contributed by atoms with E-state index >= 15 is 0 Å². The van der Waals surface area contributed by atoms with Crippen molar-refractivity contribution >= 4 is 58.8 Å². The molecule has 1 saturated carbocycles. The molecule has 4 aromatic carbocycles. The van der Waals surface area contributed by atoms with Crippen LogP contribution >= 0.6 is 11.6 Å². The van der Waals surface area contributed by atoms with Crippen LogP contribution in [0.2, 0.25) is 5.02 Å². The number of methoxy groups -OCH3 is 2. The molecule has 0 bridgehead atoms. The van der Waals surface area contributed by atoms with E-state index in [9.17, 15) is 28.7 Å². The van der Waals surface area contributed by atoms with Gasteiger partial charge in [-0.15, -0.1) is 0 Å². The quantitative estimate of drug-likeness (QED) is 0.113. The summed E-state index contributed by atoms with van der Waals surface area (Å²) in [7, 11) is 3.19. The number of fused-ring (bicyclic) bond motifs is 5. The van der Waals surface area contributed by atoms with Gasteiger partial charge in [-0.3, -0.25) is 24.1 Å². The first-order chi connectivity index (χ1) is 27.9. The average Bonchev–Trinajstić information content (AvgIpc) is 3.60. The molecule has 0 spiro atoms. The predicted molar refractivity (Wildman–Crippen MR) is 215 cm³/mol. The lowest BCUT2D eigenvalue weighted by Gasteiger charge is -2.49. The van der Waals surface area contributed by atoms with Gasteiger partial charge in [0.2, 0.25) is 23.6 Å². The Morgan fingerprint density at radius 1 is 0.862 bits per heavy atom. The van der Waals surface area contributed by atoms with Gasteiger partial charge in [0.05, 0.1) is 60.0 Å². The number of phenols is 1. The van der Waals surface area contributed by atoms with E-state index in [2.05, 4.69) is 0 Å². The minimum absolute atomic E-state index is 0.0525. The summed E-state index contributed by atoms with van der Waals surface area (Å²) in [6, 6.07) is 21.2. The van der Waals surface area contributed by atoms with E-state index in [-0.39, 0.29) is 41.1 Å². The summed E-state index contributed by atoms with van der Waals surface area (Å²) in [6.07, 6.45) is 8.09. The molecule has 10 nitrogen and oxygen atoms in total. The zero-order chi connectivity index (χ0) is 40.6.